The van der Waals surface area contributed by atoms with Crippen molar-refractivity contribution in [2.24, 2.45) is 0 Å². The van der Waals surface area contributed by atoms with Gasteiger partial charge in [-0.1, -0.05) is 0 Å². The Balaban J connectivity index is 2.42. The molecule has 2 rings (SSSR count). The average molecular weight is 315 g/mol. The largest absolute Gasteiger partial charge is 0.477 e. The zero-order valence-electron chi connectivity index (χ0n) is 11.4. The van der Waals surface area contributed by atoms with E-state index in [0.29, 0.717) is 0 Å². The number of anilines is 1. The van der Waals surface area contributed by atoms with Crippen LogP contribution in [-0.2, 0) is 10.0 Å². The first-order chi connectivity index (χ1) is 9.76. The number of aromatic amines is 2. The molecule has 0 atom stereocenters. The molecule has 4 N–H and O–H groups in total. The highest BCUT2D eigenvalue weighted by atomic mass is 32.2. The maximum atomic E-state index is 12.3. The van der Waals surface area contributed by atoms with Crippen molar-refractivity contribution in [3.63, 3.8) is 0 Å². The Kier molecular flexibility index (Phi) is 3.60. The minimum atomic E-state index is -4.02. The summed E-state index contributed by atoms with van der Waals surface area (Å²) in [5, 5.41) is 15.0. The van der Waals surface area contributed by atoms with E-state index in [4.69, 9.17) is 9.84 Å². The van der Waals surface area contributed by atoms with Gasteiger partial charge in [-0.3, -0.25) is 0 Å². The zero-order chi connectivity index (χ0) is 15.8. The highest BCUT2D eigenvalue weighted by Crippen LogP contribution is 2.24. The van der Waals surface area contributed by atoms with Crippen LogP contribution in [0.25, 0.3) is 0 Å². The third kappa shape index (κ3) is 2.67. The molecule has 0 aliphatic heterocycles. The quantitative estimate of drug-likeness (QED) is 0.617. The Hall–Kier alpha value is -2.56. The van der Waals surface area contributed by atoms with Crippen LogP contribution in [0.15, 0.2) is 4.90 Å². The molecule has 0 radical (unpaired) electrons. The molecule has 114 valence electrons. The van der Waals surface area contributed by atoms with Crippen LogP contribution in [0.1, 0.15) is 21.7 Å². The molecule has 0 bridgehead atoms. The minimum Gasteiger partial charge on any atom is -0.477 e. The van der Waals surface area contributed by atoms with Gasteiger partial charge in [0.15, 0.2) is 0 Å². The highest BCUT2D eigenvalue weighted by molar-refractivity contribution is 7.92. The van der Waals surface area contributed by atoms with Gasteiger partial charge in [-0.05, 0) is 13.8 Å². The Morgan fingerprint density at radius 3 is 2.52 bits per heavy atom. The highest BCUT2D eigenvalue weighted by Gasteiger charge is 2.27. The van der Waals surface area contributed by atoms with E-state index < -0.39 is 16.0 Å². The standard InChI is InChI=1S/C10H13N5O5S/c1-4-6(8(16)17)11-5(2)7(4)21(18,19)15-9-12-10(20-3)14-13-9/h11H,1-3H3,(H,16,17)(H2,12,13,14,15). The molecule has 0 unspecified atom stereocenters. The van der Waals surface area contributed by atoms with Gasteiger partial charge in [0, 0.05) is 11.3 Å². The van der Waals surface area contributed by atoms with Crippen LogP contribution >= 0.6 is 0 Å². The average Bonchev–Trinajstić information content (AvgIpc) is 2.93. The van der Waals surface area contributed by atoms with E-state index in [9.17, 15) is 13.2 Å². The van der Waals surface area contributed by atoms with Crippen molar-refractivity contribution in [1.82, 2.24) is 20.2 Å². The molecule has 21 heavy (non-hydrogen) atoms. The summed E-state index contributed by atoms with van der Waals surface area (Å²) in [7, 11) is -2.68. The molecule has 0 aliphatic rings. The lowest BCUT2D eigenvalue weighted by molar-refractivity contribution is 0.0690. The third-order valence-corrected chi connectivity index (χ3v) is 4.34. The van der Waals surface area contributed by atoms with Crippen molar-refractivity contribution in [3.8, 4) is 6.01 Å². The van der Waals surface area contributed by atoms with Gasteiger partial charge in [-0.25, -0.2) is 23.0 Å². The monoisotopic (exact) mass is 315 g/mol. The van der Waals surface area contributed by atoms with Gasteiger partial charge in [-0.15, -0.1) is 5.10 Å². The van der Waals surface area contributed by atoms with E-state index in [2.05, 4.69) is 24.9 Å². The van der Waals surface area contributed by atoms with Gasteiger partial charge in [-0.2, -0.15) is 4.98 Å². The number of hydrogen-bond acceptors (Lipinski definition) is 6. The number of carboxylic acids is 1. The lowest BCUT2D eigenvalue weighted by atomic mass is 10.2. The lowest BCUT2D eigenvalue weighted by Crippen LogP contribution is -2.15. The summed E-state index contributed by atoms with van der Waals surface area (Å²) in [6, 6.07) is -0.0264. The fourth-order valence-corrected chi connectivity index (χ4v) is 3.32. The molecule has 0 aliphatic carbocycles. The molecule has 2 aromatic rings. The van der Waals surface area contributed by atoms with Crippen LogP contribution in [0.2, 0.25) is 0 Å². The smallest absolute Gasteiger partial charge is 0.352 e. The minimum absolute atomic E-state index is 0.0264. The number of aryl methyl sites for hydroxylation is 1. The molecule has 10 nitrogen and oxygen atoms in total. The fourth-order valence-electron chi connectivity index (χ4n) is 1.91. The first-order valence-electron chi connectivity index (χ1n) is 5.68. The van der Waals surface area contributed by atoms with Crippen LogP contribution in [0, 0.1) is 13.8 Å². The summed E-state index contributed by atoms with van der Waals surface area (Å²) in [6.45, 7) is 2.87. The molecule has 0 saturated heterocycles. The molecule has 0 spiro atoms. The van der Waals surface area contributed by atoms with Crippen LogP contribution in [0.5, 0.6) is 6.01 Å². The number of hydrogen-bond donors (Lipinski definition) is 4. The SMILES string of the molecule is COc1n[nH]c(NS(=O)(=O)c2c(C)[nH]c(C(=O)O)c2C)n1. The molecule has 0 fully saturated rings. The summed E-state index contributed by atoms with van der Waals surface area (Å²) < 4.78 is 31.5. The first-order valence-corrected chi connectivity index (χ1v) is 7.16. The van der Waals surface area contributed by atoms with Crippen LogP contribution in [0.3, 0.4) is 0 Å². The van der Waals surface area contributed by atoms with E-state index >= 15 is 0 Å². The number of nitrogens with one attached hydrogen (secondary N) is 3. The molecule has 0 aromatic carbocycles. The Labute approximate surface area is 119 Å². The number of aromatic carboxylic acids is 1. The van der Waals surface area contributed by atoms with Crippen molar-refractivity contribution >= 4 is 21.9 Å². The number of H-pyrrole nitrogens is 2. The van der Waals surface area contributed by atoms with Gasteiger partial charge in [0.1, 0.15) is 10.6 Å². The van der Waals surface area contributed by atoms with Gasteiger partial charge in [0.25, 0.3) is 10.0 Å². The Morgan fingerprint density at radius 2 is 2.05 bits per heavy atom. The number of aromatic nitrogens is 4. The number of carboxylic acid groups (broad SMARTS) is 1. The van der Waals surface area contributed by atoms with Gasteiger partial charge in [0.05, 0.1) is 7.11 Å². The predicted molar refractivity (Wildman–Crippen MR) is 71.0 cm³/mol. The van der Waals surface area contributed by atoms with Gasteiger partial charge in [0.2, 0.25) is 5.95 Å². The van der Waals surface area contributed by atoms with E-state index in [-0.39, 0.29) is 33.8 Å². The Morgan fingerprint density at radius 1 is 1.38 bits per heavy atom. The summed E-state index contributed by atoms with van der Waals surface area (Å²) in [5.74, 6) is -1.37. The first kappa shape index (κ1) is 14.8. The number of carbonyl (C=O) groups is 1. The van der Waals surface area contributed by atoms with Crippen LogP contribution in [0.4, 0.5) is 5.95 Å². The van der Waals surface area contributed by atoms with E-state index in [1.54, 1.807) is 0 Å². The van der Waals surface area contributed by atoms with Crippen LogP contribution in [-0.4, -0.2) is 46.8 Å². The second-order valence-corrected chi connectivity index (χ2v) is 5.78. The molecular formula is C10H13N5O5S. The number of nitrogens with zero attached hydrogens (tertiary/aromatic N) is 2. The van der Waals surface area contributed by atoms with Crippen LogP contribution < -0.4 is 9.46 Å². The maximum absolute atomic E-state index is 12.3. The molecule has 2 aromatic heterocycles. The van der Waals surface area contributed by atoms with Crippen molar-refractivity contribution in [2.45, 2.75) is 18.7 Å². The van der Waals surface area contributed by atoms with E-state index in [1.165, 1.54) is 21.0 Å². The molecule has 2 heterocycles. The third-order valence-electron chi connectivity index (χ3n) is 2.73. The Bertz CT molecular complexity index is 791. The predicted octanol–water partition coefficient (Wildman–Crippen LogP) is 0.257. The van der Waals surface area contributed by atoms with E-state index in [1.807, 2.05) is 0 Å². The zero-order valence-corrected chi connectivity index (χ0v) is 12.2. The van der Waals surface area contributed by atoms with Crippen molar-refractivity contribution in [2.75, 3.05) is 11.8 Å². The van der Waals surface area contributed by atoms with Gasteiger partial charge >= 0.3 is 12.0 Å². The lowest BCUT2D eigenvalue weighted by Gasteiger charge is -2.05. The normalized spacial score (nSPS) is 11.4. The molecule has 0 amide bonds. The second kappa shape index (κ2) is 5.09. The number of methoxy groups -OCH3 is 1. The van der Waals surface area contributed by atoms with Crippen molar-refractivity contribution < 1.29 is 23.1 Å². The number of sulfonamides is 1. The van der Waals surface area contributed by atoms with Crippen molar-refractivity contribution in [3.05, 3.63) is 17.0 Å². The fraction of sp³-hybridized carbons (Fsp3) is 0.300. The van der Waals surface area contributed by atoms with Crippen molar-refractivity contribution in [1.29, 1.82) is 0 Å². The summed E-state index contributed by atoms with van der Waals surface area (Å²) in [4.78, 5) is 17.1. The summed E-state index contributed by atoms with van der Waals surface area (Å²) in [6.07, 6.45) is 0. The number of ether oxygens (including phenoxy) is 1. The van der Waals surface area contributed by atoms with Gasteiger partial charge < -0.3 is 14.8 Å². The molecule has 11 heteroatoms. The number of rotatable bonds is 5. The summed E-state index contributed by atoms with van der Waals surface area (Å²) >= 11 is 0. The molecule has 0 saturated carbocycles. The second-order valence-electron chi connectivity index (χ2n) is 4.16. The topological polar surface area (TPSA) is 150 Å². The van der Waals surface area contributed by atoms with E-state index in [0.717, 1.165) is 0 Å². The summed E-state index contributed by atoms with van der Waals surface area (Å²) in [5.41, 5.74) is 0.144. The molecular weight excluding hydrogens is 302 g/mol. The maximum Gasteiger partial charge on any atom is 0.352 e.